The number of nitrogens with zero attached hydrogens (tertiary/aromatic N) is 2. The van der Waals surface area contributed by atoms with Crippen molar-refractivity contribution in [2.75, 3.05) is 6.54 Å². The summed E-state index contributed by atoms with van der Waals surface area (Å²) in [6, 6.07) is 1.07. The molecule has 2 rings (SSSR count). The van der Waals surface area contributed by atoms with Gasteiger partial charge in [0, 0.05) is 31.4 Å². The largest absolute Gasteiger partial charge is 0.475 e. The van der Waals surface area contributed by atoms with Gasteiger partial charge in [-0.1, -0.05) is 5.16 Å². The molecule has 0 aliphatic heterocycles. The number of carbonyl (C=O) groups is 2. The number of carboxylic acids is 1. The second-order valence-corrected chi connectivity index (χ2v) is 3.42. The maximum absolute atomic E-state index is 11.6. The molecule has 0 spiro atoms. The van der Waals surface area contributed by atoms with E-state index in [0.29, 0.717) is 13.0 Å². The van der Waals surface area contributed by atoms with Crippen molar-refractivity contribution in [3.8, 4) is 0 Å². The van der Waals surface area contributed by atoms with Gasteiger partial charge in [-0.05, 0) is 0 Å². The molecule has 8 heteroatoms. The van der Waals surface area contributed by atoms with Crippen LogP contribution in [0, 0.1) is 0 Å². The van der Waals surface area contributed by atoms with E-state index in [0.717, 1.165) is 11.9 Å². The predicted molar refractivity (Wildman–Crippen MR) is 58.1 cm³/mol. The summed E-state index contributed by atoms with van der Waals surface area (Å²) in [5.74, 6) is -1.37. The normalized spacial score (nSPS) is 10.2. The zero-order valence-electron chi connectivity index (χ0n) is 9.21. The fourth-order valence-corrected chi connectivity index (χ4v) is 1.30. The van der Waals surface area contributed by atoms with Gasteiger partial charge in [0.25, 0.3) is 5.91 Å². The molecule has 0 unspecified atom stereocenters. The van der Waals surface area contributed by atoms with E-state index in [9.17, 15) is 9.59 Å². The lowest BCUT2D eigenvalue weighted by atomic mass is 10.3. The van der Waals surface area contributed by atoms with Crippen LogP contribution in [0.5, 0.6) is 0 Å². The molecule has 0 saturated heterocycles. The maximum atomic E-state index is 11.6. The summed E-state index contributed by atoms with van der Waals surface area (Å²) in [5.41, 5.74) is -0.0631. The van der Waals surface area contributed by atoms with Crippen molar-refractivity contribution in [2.45, 2.75) is 6.42 Å². The number of imidazole rings is 1. The summed E-state index contributed by atoms with van der Waals surface area (Å²) in [6.45, 7) is 0.363. The van der Waals surface area contributed by atoms with Crippen LogP contribution in [-0.4, -0.2) is 38.7 Å². The van der Waals surface area contributed by atoms with Gasteiger partial charge in [0.2, 0.25) is 5.76 Å². The Hall–Kier alpha value is -2.64. The van der Waals surface area contributed by atoms with Crippen molar-refractivity contribution < 1.29 is 19.2 Å². The van der Waals surface area contributed by atoms with Crippen LogP contribution in [0.4, 0.5) is 0 Å². The molecule has 0 aliphatic carbocycles. The average molecular weight is 250 g/mol. The maximum Gasteiger partial charge on any atom is 0.374 e. The molecule has 0 aromatic carbocycles. The Labute approximate surface area is 101 Å². The monoisotopic (exact) mass is 250 g/mol. The van der Waals surface area contributed by atoms with E-state index >= 15 is 0 Å². The minimum absolute atomic E-state index is 0.0631. The molecule has 0 atom stereocenters. The van der Waals surface area contributed by atoms with E-state index in [-0.39, 0.29) is 11.5 Å². The van der Waals surface area contributed by atoms with E-state index < -0.39 is 11.9 Å². The molecule has 2 aromatic heterocycles. The van der Waals surface area contributed by atoms with E-state index in [1.807, 2.05) is 0 Å². The van der Waals surface area contributed by atoms with E-state index in [1.54, 1.807) is 12.4 Å². The van der Waals surface area contributed by atoms with Gasteiger partial charge in [0.15, 0.2) is 5.69 Å². The molecule has 8 nitrogen and oxygen atoms in total. The molecular formula is C10H10N4O4. The highest BCUT2D eigenvalue weighted by Crippen LogP contribution is 2.03. The van der Waals surface area contributed by atoms with Gasteiger partial charge < -0.3 is 19.9 Å². The number of aromatic nitrogens is 3. The number of carboxylic acid groups (broad SMARTS) is 1. The molecule has 94 valence electrons. The van der Waals surface area contributed by atoms with E-state index in [1.165, 1.54) is 0 Å². The fourth-order valence-electron chi connectivity index (χ4n) is 1.30. The standard InChI is InChI=1S/C10H10N4O4/c15-9(6-5-7(10(16)17)18-14-6)13-2-1-8-11-3-4-12-8/h3-5H,1-2H2,(H,11,12)(H,13,15)(H,16,17). The van der Waals surface area contributed by atoms with Gasteiger partial charge in [0.1, 0.15) is 5.82 Å². The first-order chi connectivity index (χ1) is 8.66. The summed E-state index contributed by atoms with van der Waals surface area (Å²) in [5, 5.41) is 14.5. The summed E-state index contributed by atoms with van der Waals surface area (Å²) in [7, 11) is 0. The molecule has 3 N–H and O–H groups in total. The lowest BCUT2D eigenvalue weighted by Crippen LogP contribution is -2.26. The smallest absolute Gasteiger partial charge is 0.374 e. The molecule has 0 bridgehead atoms. The molecule has 0 saturated carbocycles. The molecule has 0 radical (unpaired) electrons. The first-order valence-electron chi connectivity index (χ1n) is 5.13. The Morgan fingerprint density at radius 2 is 2.33 bits per heavy atom. The van der Waals surface area contributed by atoms with Crippen LogP contribution in [0.25, 0.3) is 0 Å². The van der Waals surface area contributed by atoms with Gasteiger partial charge >= 0.3 is 5.97 Å². The summed E-state index contributed by atoms with van der Waals surface area (Å²) >= 11 is 0. The number of aromatic amines is 1. The molecule has 0 fully saturated rings. The van der Waals surface area contributed by atoms with Crippen LogP contribution in [0.1, 0.15) is 26.9 Å². The number of hydrogen-bond donors (Lipinski definition) is 3. The van der Waals surface area contributed by atoms with Crippen LogP contribution in [0.15, 0.2) is 23.0 Å². The van der Waals surface area contributed by atoms with Gasteiger partial charge in [0.05, 0.1) is 0 Å². The Morgan fingerprint density at radius 3 is 2.94 bits per heavy atom. The number of H-pyrrole nitrogens is 1. The Balaban J connectivity index is 1.85. The zero-order chi connectivity index (χ0) is 13.0. The molecule has 18 heavy (non-hydrogen) atoms. The van der Waals surface area contributed by atoms with Gasteiger partial charge in [-0.2, -0.15) is 0 Å². The van der Waals surface area contributed by atoms with Crippen LogP contribution in [0.2, 0.25) is 0 Å². The second-order valence-electron chi connectivity index (χ2n) is 3.42. The average Bonchev–Trinajstić information content (AvgIpc) is 2.99. The van der Waals surface area contributed by atoms with Crippen molar-refractivity contribution in [1.82, 2.24) is 20.4 Å². The lowest BCUT2D eigenvalue weighted by molar-refractivity contribution is 0.0651. The number of aromatic carboxylic acids is 1. The summed E-state index contributed by atoms with van der Waals surface area (Å²) < 4.78 is 4.47. The molecule has 2 heterocycles. The highest BCUT2D eigenvalue weighted by atomic mass is 16.5. The van der Waals surface area contributed by atoms with Crippen molar-refractivity contribution >= 4 is 11.9 Å². The van der Waals surface area contributed by atoms with E-state index in [4.69, 9.17) is 5.11 Å². The zero-order valence-corrected chi connectivity index (χ0v) is 9.21. The summed E-state index contributed by atoms with van der Waals surface area (Å²) in [6.07, 6.45) is 3.85. The summed E-state index contributed by atoms with van der Waals surface area (Å²) in [4.78, 5) is 29.0. The fraction of sp³-hybridized carbons (Fsp3) is 0.200. The van der Waals surface area contributed by atoms with Crippen LogP contribution >= 0.6 is 0 Å². The lowest BCUT2D eigenvalue weighted by Gasteiger charge is -2.00. The van der Waals surface area contributed by atoms with Crippen LogP contribution in [-0.2, 0) is 6.42 Å². The van der Waals surface area contributed by atoms with Crippen LogP contribution in [0.3, 0.4) is 0 Å². The van der Waals surface area contributed by atoms with Crippen molar-refractivity contribution in [3.05, 3.63) is 35.7 Å². The van der Waals surface area contributed by atoms with Crippen LogP contribution < -0.4 is 5.32 Å². The van der Waals surface area contributed by atoms with Crippen molar-refractivity contribution in [1.29, 1.82) is 0 Å². The minimum atomic E-state index is -1.27. The number of carbonyl (C=O) groups excluding carboxylic acids is 1. The highest BCUT2D eigenvalue weighted by Gasteiger charge is 2.16. The first-order valence-corrected chi connectivity index (χ1v) is 5.13. The SMILES string of the molecule is O=C(NCCc1ncc[nH]1)c1cc(C(=O)O)on1. The topological polar surface area (TPSA) is 121 Å². The molecule has 1 amide bonds. The van der Waals surface area contributed by atoms with Gasteiger partial charge in [-0.15, -0.1) is 0 Å². The molecule has 0 aliphatic rings. The Bertz CT molecular complexity index is 546. The predicted octanol–water partition coefficient (Wildman–Crippen LogP) is 0.0684. The number of hydrogen-bond acceptors (Lipinski definition) is 5. The second kappa shape index (κ2) is 5.13. The molecule has 2 aromatic rings. The number of rotatable bonds is 5. The minimum Gasteiger partial charge on any atom is -0.475 e. The van der Waals surface area contributed by atoms with Gasteiger partial charge in [-0.25, -0.2) is 9.78 Å². The third kappa shape index (κ3) is 2.73. The van der Waals surface area contributed by atoms with E-state index in [2.05, 4.69) is 25.0 Å². The van der Waals surface area contributed by atoms with Crippen molar-refractivity contribution in [3.63, 3.8) is 0 Å². The third-order valence-corrected chi connectivity index (χ3v) is 2.16. The Kier molecular flexibility index (Phi) is 3.37. The molecular weight excluding hydrogens is 240 g/mol. The third-order valence-electron chi connectivity index (χ3n) is 2.16. The Morgan fingerprint density at radius 1 is 1.50 bits per heavy atom. The quantitative estimate of drug-likeness (QED) is 0.690. The highest BCUT2D eigenvalue weighted by molar-refractivity contribution is 5.94. The first kappa shape index (κ1) is 11.8. The number of nitrogens with one attached hydrogen (secondary N) is 2. The van der Waals surface area contributed by atoms with Crippen molar-refractivity contribution in [2.24, 2.45) is 0 Å². The number of amides is 1. The van der Waals surface area contributed by atoms with Gasteiger partial charge in [-0.3, -0.25) is 4.79 Å².